The van der Waals surface area contributed by atoms with E-state index in [9.17, 15) is 18.8 Å². The Hall–Kier alpha value is -3.42. The number of amides is 2. The molecule has 0 fully saturated rings. The molecule has 148 valence electrons. The summed E-state index contributed by atoms with van der Waals surface area (Å²) < 4.78 is 23.2. The van der Waals surface area contributed by atoms with E-state index >= 15 is 0 Å². The van der Waals surface area contributed by atoms with E-state index in [1.807, 2.05) is 19.1 Å². The van der Waals surface area contributed by atoms with Gasteiger partial charge in [0.1, 0.15) is 0 Å². The maximum Gasteiger partial charge on any atom is 0.344 e. The Kier molecular flexibility index (Phi) is 7.50. The van der Waals surface area contributed by atoms with Crippen LogP contribution in [0.15, 0.2) is 48.5 Å². The van der Waals surface area contributed by atoms with Crippen LogP contribution in [0.3, 0.4) is 0 Å². The van der Waals surface area contributed by atoms with Gasteiger partial charge >= 0.3 is 5.97 Å². The van der Waals surface area contributed by atoms with E-state index in [1.54, 1.807) is 18.2 Å². The second-order valence-electron chi connectivity index (χ2n) is 6.04. The summed E-state index contributed by atoms with van der Waals surface area (Å²) >= 11 is 0. The van der Waals surface area contributed by atoms with Crippen LogP contribution in [-0.2, 0) is 19.1 Å². The van der Waals surface area contributed by atoms with Crippen LogP contribution in [0.5, 0.6) is 5.75 Å². The number of anilines is 1. The third-order valence-electron chi connectivity index (χ3n) is 3.68. The van der Waals surface area contributed by atoms with E-state index in [2.05, 4.69) is 5.32 Å². The molecule has 2 aromatic carbocycles. The Balaban J connectivity index is 1.71. The molecule has 0 saturated heterocycles. The van der Waals surface area contributed by atoms with Crippen LogP contribution in [-0.4, -0.2) is 49.5 Å². The molecule has 2 amide bonds. The zero-order chi connectivity index (χ0) is 20.5. The van der Waals surface area contributed by atoms with Crippen molar-refractivity contribution in [3.05, 3.63) is 59.9 Å². The molecule has 0 aromatic heterocycles. The molecule has 2 aromatic rings. The Morgan fingerprint density at radius 3 is 2.39 bits per heavy atom. The Bertz CT molecular complexity index is 839. The fourth-order valence-corrected chi connectivity index (χ4v) is 2.13. The fourth-order valence-electron chi connectivity index (χ4n) is 2.13. The highest BCUT2D eigenvalue weighted by Gasteiger charge is 2.16. The van der Waals surface area contributed by atoms with Gasteiger partial charge in [-0.05, 0) is 31.2 Å². The summed E-state index contributed by atoms with van der Waals surface area (Å²) in [5, 5.41) is 2.67. The van der Waals surface area contributed by atoms with Gasteiger partial charge in [-0.1, -0.05) is 29.8 Å². The highest BCUT2D eigenvalue weighted by atomic mass is 19.1. The van der Waals surface area contributed by atoms with Crippen molar-refractivity contribution in [1.29, 1.82) is 0 Å². The number of likely N-dealkylation sites (N-methyl/N-ethyl adjacent to an activating group) is 1. The van der Waals surface area contributed by atoms with E-state index in [0.29, 0.717) is 5.69 Å². The molecule has 0 aliphatic carbocycles. The van der Waals surface area contributed by atoms with Gasteiger partial charge in [-0.3, -0.25) is 9.59 Å². The van der Waals surface area contributed by atoms with E-state index < -0.39 is 30.9 Å². The first-order valence-corrected chi connectivity index (χ1v) is 8.48. The van der Waals surface area contributed by atoms with Gasteiger partial charge in [-0.25, -0.2) is 9.18 Å². The summed E-state index contributed by atoms with van der Waals surface area (Å²) in [6.07, 6.45) is 0. The van der Waals surface area contributed by atoms with Crippen LogP contribution in [0, 0.1) is 12.7 Å². The van der Waals surface area contributed by atoms with Crippen LogP contribution < -0.4 is 10.1 Å². The van der Waals surface area contributed by atoms with Gasteiger partial charge in [0.05, 0.1) is 6.54 Å². The summed E-state index contributed by atoms with van der Waals surface area (Å²) in [6.45, 7) is 0.649. The topological polar surface area (TPSA) is 84.9 Å². The Morgan fingerprint density at radius 2 is 1.71 bits per heavy atom. The number of carbonyl (C=O) groups excluding carboxylic acids is 3. The third-order valence-corrected chi connectivity index (χ3v) is 3.68. The monoisotopic (exact) mass is 388 g/mol. The SMILES string of the molecule is Cc1ccc(NC(=O)CN(C)C(=O)COC(=O)COc2ccccc2F)cc1. The first-order valence-electron chi connectivity index (χ1n) is 8.48. The largest absolute Gasteiger partial charge is 0.479 e. The number of rotatable bonds is 8. The number of carbonyl (C=O) groups is 3. The quantitative estimate of drug-likeness (QED) is 0.701. The minimum absolute atomic E-state index is 0.0873. The first kappa shape index (κ1) is 20.9. The zero-order valence-electron chi connectivity index (χ0n) is 15.6. The van der Waals surface area contributed by atoms with Crippen LogP contribution in [0.1, 0.15) is 5.56 Å². The molecule has 28 heavy (non-hydrogen) atoms. The lowest BCUT2D eigenvalue weighted by Crippen LogP contribution is -2.37. The van der Waals surface area contributed by atoms with E-state index in [0.717, 1.165) is 10.5 Å². The fraction of sp³-hybridized carbons (Fsp3) is 0.250. The molecule has 2 rings (SSSR count). The molecule has 0 aliphatic rings. The van der Waals surface area contributed by atoms with Gasteiger partial charge in [-0.15, -0.1) is 0 Å². The maximum atomic E-state index is 13.4. The van der Waals surface area contributed by atoms with E-state index in [4.69, 9.17) is 9.47 Å². The van der Waals surface area contributed by atoms with Crippen molar-refractivity contribution in [2.75, 3.05) is 32.1 Å². The van der Waals surface area contributed by atoms with Crippen molar-refractivity contribution in [1.82, 2.24) is 4.90 Å². The maximum absolute atomic E-state index is 13.4. The van der Waals surface area contributed by atoms with Crippen molar-refractivity contribution in [3.8, 4) is 5.75 Å². The molecule has 0 bridgehead atoms. The molecule has 0 radical (unpaired) electrons. The molecule has 0 spiro atoms. The van der Waals surface area contributed by atoms with Crippen LogP contribution in [0.25, 0.3) is 0 Å². The lowest BCUT2D eigenvalue weighted by Gasteiger charge is -2.17. The number of nitrogens with zero attached hydrogens (tertiary/aromatic N) is 1. The van der Waals surface area contributed by atoms with Crippen LogP contribution >= 0.6 is 0 Å². The molecule has 8 heteroatoms. The number of halogens is 1. The minimum Gasteiger partial charge on any atom is -0.479 e. The lowest BCUT2D eigenvalue weighted by molar-refractivity contribution is -0.153. The summed E-state index contributed by atoms with van der Waals surface area (Å²) in [5.74, 6) is -2.46. The first-order chi connectivity index (χ1) is 13.3. The molecule has 0 aliphatic heterocycles. The molecule has 7 nitrogen and oxygen atoms in total. The molecular formula is C20H21FN2O5. The predicted octanol–water partition coefficient (Wildman–Crippen LogP) is 2.15. The number of nitrogens with one attached hydrogen (secondary N) is 1. The predicted molar refractivity (Wildman–Crippen MR) is 100 cm³/mol. The van der Waals surface area contributed by atoms with Gasteiger partial charge in [0.25, 0.3) is 5.91 Å². The Morgan fingerprint density at radius 1 is 1.04 bits per heavy atom. The van der Waals surface area contributed by atoms with Crippen LogP contribution in [0.2, 0.25) is 0 Å². The highest BCUT2D eigenvalue weighted by Crippen LogP contribution is 2.15. The summed E-state index contributed by atoms with van der Waals surface area (Å²) in [4.78, 5) is 36.7. The third kappa shape index (κ3) is 6.71. The number of aryl methyl sites for hydroxylation is 1. The van der Waals surface area contributed by atoms with Gasteiger partial charge in [-0.2, -0.15) is 0 Å². The lowest BCUT2D eigenvalue weighted by atomic mass is 10.2. The number of hydrogen-bond acceptors (Lipinski definition) is 5. The molecule has 0 unspecified atom stereocenters. The molecule has 0 saturated carbocycles. The van der Waals surface area contributed by atoms with Gasteiger partial charge in [0.15, 0.2) is 24.8 Å². The number of benzene rings is 2. The number of esters is 1. The second-order valence-corrected chi connectivity index (χ2v) is 6.04. The normalized spacial score (nSPS) is 10.1. The average molecular weight is 388 g/mol. The van der Waals surface area contributed by atoms with Crippen molar-refractivity contribution >= 4 is 23.5 Å². The van der Waals surface area contributed by atoms with Gasteiger partial charge in [0, 0.05) is 12.7 Å². The van der Waals surface area contributed by atoms with Gasteiger partial charge < -0.3 is 19.7 Å². The Labute approximate surface area is 162 Å². The summed E-state index contributed by atoms with van der Waals surface area (Å²) in [5.41, 5.74) is 1.68. The standard InChI is InChI=1S/C20H21FN2O5/c1-14-7-9-15(10-8-14)22-18(24)11-23(2)19(25)12-28-20(26)13-27-17-6-4-3-5-16(17)21/h3-10H,11-13H2,1-2H3,(H,22,24). The second kappa shape index (κ2) is 10.1. The van der Waals surface area contributed by atoms with Crippen molar-refractivity contribution in [2.24, 2.45) is 0 Å². The number of hydrogen-bond donors (Lipinski definition) is 1. The van der Waals surface area contributed by atoms with Gasteiger partial charge in [0.2, 0.25) is 5.91 Å². The number of para-hydroxylation sites is 1. The van der Waals surface area contributed by atoms with Crippen molar-refractivity contribution in [3.63, 3.8) is 0 Å². The van der Waals surface area contributed by atoms with Crippen molar-refractivity contribution < 1.29 is 28.2 Å². The molecule has 0 heterocycles. The van der Waals surface area contributed by atoms with E-state index in [1.165, 1.54) is 25.2 Å². The molecule has 1 N–H and O–H groups in total. The van der Waals surface area contributed by atoms with Crippen molar-refractivity contribution in [2.45, 2.75) is 6.92 Å². The van der Waals surface area contributed by atoms with E-state index in [-0.39, 0.29) is 18.2 Å². The molecule has 0 atom stereocenters. The summed E-state index contributed by atoms with van der Waals surface area (Å²) in [6, 6.07) is 12.8. The summed E-state index contributed by atoms with van der Waals surface area (Å²) in [7, 11) is 1.42. The minimum atomic E-state index is -0.825. The van der Waals surface area contributed by atoms with Crippen LogP contribution in [0.4, 0.5) is 10.1 Å². The highest BCUT2D eigenvalue weighted by molar-refractivity contribution is 5.94. The average Bonchev–Trinajstić information content (AvgIpc) is 2.67. The molecular weight excluding hydrogens is 367 g/mol. The zero-order valence-corrected chi connectivity index (χ0v) is 15.6. The number of ether oxygens (including phenoxy) is 2. The smallest absolute Gasteiger partial charge is 0.344 e.